The minimum Gasteiger partial charge on any atom is -0.455 e. The summed E-state index contributed by atoms with van der Waals surface area (Å²) in [7, 11) is 0. The van der Waals surface area contributed by atoms with Gasteiger partial charge in [0, 0.05) is 10.6 Å². The van der Waals surface area contributed by atoms with Gasteiger partial charge >= 0.3 is 5.97 Å². The van der Waals surface area contributed by atoms with Crippen LogP contribution in [0.25, 0.3) is 0 Å². The second kappa shape index (κ2) is 5.59. The van der Waals surface area contributed by atoms with Crippen molar-refractivity contribution in [1.82, 2.24) is 4.98 Å². The molecule has 4 nitrogen and oxygen atoms in total. The Bertz CT molecular complexity index is 606. The number of halogens is 1. The van der Waals surface area contributed by atoms with Gasteiger partial charge in [-0.3, -0.25) is 0 Å². The number of thiazole rings is 1. The Morgan fingerprint density at radius 2 is 2.21 bits per heavy atom. The van der Waals surface area contributed by atoms with Gasteiger partial charge in [0.2, 0.25) is 0 Å². The Morgan fingerprint density at radius 1 is 1.47 bits per heavy atom. The number of hydrogen-bond donors (Lipinski definition) is 1. The molecule has 0 fully saturated rings. The fourth-order valence-corrected chi connectivity index (χ4v) is 2.62. The highest BCUT2D eigenvalue weighted by Gasteiger charge is 2.13. The van der Waals surface area contributed by atoms with E-state index in [-0.39, 0.29) is 11.6 Å². The number of nitrogens with two attached hydrogens (primary N) is 1. The third-order valence-electron chi connectivity index (χ3n) is 2.61. The molecule has 2 aromatic rings. The third kappa shape index (κ3) is 3.24. The standard InChI is InChI=1S/C13H13ClN2O2S/c1-7-8(2)19-12(16-7)6-18-13(17)10-4-3-9(15)5-11(10)14/h3-5H,6,15H2,1-2H3. The number of rotatable bonds is 3. The smallest absolute Gasteiger partial charge is 0.340 e. The Labute approximate surface area is 120 Å². The molecule has 0 radical (unpaired) electrons. The lowest BCUT2D eigenvalue weighted by atomic mass is 10.2. The van der Waals surface area contributed by atoms with Crippen LogP contribution in [-0.2, 0) is 11.3 Å². The maximum absolute atomic E-state index is 11.9. The fraction of sp³-hybridized carbons (Fsp3) is 0.231. The molecule has 0 saturated heterocycles. The van der Waals surface area contributed by atoms with Gasteiger partial charge < -0.3 is 10.5 Å². The van der Waals surface area contributed by atoms with Crippen LogP contribution in [0.4, 0.5) is 5.69 Å². The highest BCUT2D eigenvalue weighted by molar-refractivity contribution is 7.11. The van der Waals surface area contributed by atoms with Crippen molar-refractivity contribution < 1.29 is 9.53 Å². The number of aromatic nitrogens is 1. The Balaban J connectivity index is 2.05. The van der Waals surface area contributed by atoms with E-state index in [0.29, 0.717) is 11.3 Å². The predicted molar refractivity (Wildman–Crippen MR) is 76.6 cm³/mol. The molecule has 0 amide bonds. The van der Waals surface area contributed by atoms with Crippen LogP contribution in [0.5, 0.6) is 0 Å². The SMILES string of the molecule is Cc1nc(COC(=O)c2ccc(N)cc2Cl)sc1C. The Kier molecular flexibility index (Phi) is 4.07. The number of carbonyl (C=O) groups excluding carboxylic acids is 1. The second-order valence-electron chi connectivity index (χ2n) is 4.06. The van der Waals surface area contributed by atoms with Gasteiger partial charge in [0.25, 0.3) is 0 Å². The number of carbonyl (C=O) groups is 1. The predicted octanol–water partition coefficient (Wildman–Crippen LogP) is 3.35. The van der Waals surface area contributed by atoms with Gasteiger partial charge in [-0.15, -0.1) is 11.3 Å². The molecule has 0 aliphatic carbocycles. The average Bonchev–Trinajstić information content (AvgIpc) is 2.66. The summed E-state index contributed by atoms with van der Waals surface area (Å²) < 4.78 is 5.19. The molecule has 0 bridgehead atoms. The second-order valence-corrected chi connectivity index (χ2v) is 5.76. The molecule has 0 aliphatic heterocycles. The molecule has 100 valence electrons. The van der Waals surface area contributed by atoms with Crippen molar-refractivity contribution in [2.24, 2.45) is 0 Å². The first kappa shape index (κ1) is 13.8. The lowest BCUT2D eigenvalue weighted by Crippen LogP contribution is -2.06. The number of anilines is 1. The number of hydrogen-bond acceptors (Lipinski definition) is 5. The van der Waals surface area contributed by atoms with Crippen molar-refractivity contribution >= 4 is 34.6 Å². The zero-order valence-corrected chi connectivity index (χ0v) is 12.1. The van der Waals surface area contributed by atoms with Crippen LogP contribution in [0, 0.1) is 13.8 Å². The largest absolute Gasteiger partial charge is 0.455 e. The average molecular weight is 297 g/mol. The van der Waals surface area contributed by atoms with E-state index in [9.17, 15) is 4.79 Å². The molecule has 0 spiro atoms. The molecule has 0 atom stereocenters. The first-order valence-corrected chi connectivity index (χ1v) is 6.82. The summed E-state index contributed by atoms with van der Waals surface area (Å²) in [4.78, 5) is 17.3. The van der Waals surface area contributed by atoms with Crippen molar-refractivity contribution in [3.05, 3.63) is 44.4 Å². The van der Waals surface area contributed by atoms with Crippen LogP contribution >= 0.6 is 22.9 Å². The van der Waals surface area contributed by atoms with Crippen LogP contribution in [-0.4, -0.2) is 11.0 Å². The van der Waals surface area contributed by atoms with Crippen molar-refractivity contribution in [2.75, 3.05) is 5.73 Å². The molecule has 1 aromatic carbocycles. The molecular weight excluding hydrogens is 284 g/mol. The highest BCUT2D eigenvalue weighted by atomic mass is 35.5. The summed E-state index contributed by atoms with van der Waals surface area (Å²) in [5.74, 6) is -0.476. The lowest BCUT2D eigenvalue weighted by molar-refractivity contribution is 0.0472. The Morgan fingerprint density at radius 3 is 2.79 bits per heavy atom. The maximum atomic E-state index is 11.9. The van der Waals surface area contributed by atoms with Gasteiger partial charge in [0.15, 0.2) is 0 Å². The van der Waals surface area contributed by atoms with E-state index in [1.807, 2.05) is 13.8 Å². The molecular formula is C13H13ClN2O2S. The number of nitrogens with zero attached hydrogens (tertiary/aromatic N) is 1. The van der Waals surface area contributed by atoms with Gasteiger partial charge in [-0.25, -0.2) is 9.78 Å². The number of aryl methyl sites for hydroxylation is 2. The van der Waals surface area contributed by atoms with Crippen molar-refractivity contribution in [3.8, 4) is 0 Å². The molecule has 6 heteroatoms. The number of esters is 1. The van der Waals surface area contributed by atoms with E-state index in [4.69, 9.17) is 22.1 Å². The summed E-state index contributed by atoms with van der Waals surface area (Å²) in [5.41, 5.74) is 7.34. The lowest BCUT2D eigenvalue weighted by Gasteiger charge is -2.05. The fourth-order valence-electron chi connectivity index (χ4n) is 1.50. The van der Waals surface area contributed by atoms with Crippen LogP contribution in [0.15, 0.2) is 18.2 Å². The van der Waals surface area contributed by atoms with Crippen molar-refractivity contribution in [2.45, 2.75) is 20.5 Å². The van der Waals surface area contributed by atoms with Gasteiger partial charge in [-0.05, 0) is 32.0 Å². The molecule has 0 aliphatic rings. The van der Waals surface area contributed by atoms with Gasteiger partial charge in [-0.1, -0.05) is 11.6 Å². The molecule has 2 N–H and O–H groups in total. The van der Waals surface area contributed by atoms with Gasteiger partial charge in [-0.2, -0.15) is 0 Å². The normalized spacial score (nSPS) is 10.5. The van der Waals surface area contributed by atoms with E-state index in [0.717, 1.165) is 15.6 Å². The van der Waals surface area contributed by atoms with E-state index in [1.165, 1.54) is 17.4 Å². The topological polar surface area (TPSA) is 65.2 Å². The van der Waals surface area contributed by atoms with E-state index < -0.39 is 5.97 Å². The van der Waals surface area contributed by atoms with Crippen LogP contribution in [0.2, 0.25) is 5.02 Å². The van der Waals surface area contributed by atoms with Crippen molar-refractivity contribution in [1.29, 1.82) is 0 Å². The monoisotopic (exact) mass is 296 g/mol. The number of benzene rings is 1. The summed E-state index contributed by atoms with van der Waals surface area (Å²) in [5, 5.41) is 1.06. The molecule has 1 heterocycles. The van der Waals surface area contributed by atoms with Crippen LogP contribution in [0.3, 0.4) is 0 Å². The summed E-state index contributed by atoms with van der Waals surface area (Å²) in [6, 6.07) is 4.69. The minimum absolute atomic E-state index is 0.152. The minimum atomic E-state index is -0.476. The molecule has 2 rings (SSSR count). The molecule has 1 aromatic heterocycles. The molecule has 0 saturated carbocycles. The molecule has 19 heavy (non-hydrogen) atoms. The summed E-state index contributed by atoms with van der Waals surface area (Å²) >= 11 is 7.46. The zero-order valence-electron chi connectivity index (χ0n) is 10.6. The van der Waals surface area contributed by atoms with Crippen LogP contribution < -0.4 is 5.73 Å². The quantitative estimate of drug-likeness (QED) is 0.697. The number of ether oxygens (including phenoxy) is 1. The summed E-state index contributed by atoms with van der Waals surface area (Å²) in [6.45, 7) is 4.06. The number of nitrogen functional groups attached to an aromatic ring is 1. The first-order valence-electron chi connectivity index (χ1n) is 5.62. The molecule has 0 unspecified atom stereocenters. The highest BCUT2D eigenvalue weighted by Crippen LogP contribution is 2.21. The Hall–Kier alpha value is -1.59. The first-order chi connectivity index (χ1) is 8.97. The van der Waals surface area contributed by atoms with E-state index >= 15 is 0 Å². The van der Waals surface area contributed by atoms with Crippen molar-refractivity contribution in [3.63, 3.8) is 0 Å². The van der Waals surface area contributed by atoms with E-state index in [2.05, 4.69) is 4.98 Å². The third-order valence-corrected chi connectivity index (χ3v) is 3.97. The van der Waals surface area contributed by atoms with E-state index in [1.54, 1.807) is 12.1 Å². The van der Waals surface area contributed by atoms with Crippen LogP contribution in [0.1, 0.15) is 25.9 Å². The zero-order chi connectivity index (χ0) is 14.0. The maximum Gasteiger partial charge on any atom is 0.340 e. The van der Waals surface area contributed by atoms with Gasteiger partial charge in [0.05, 0.1) is 16.3 Å². The summed E-state index contributed by atoms with van der Waals surface area (Å²) in [6.07, 6.45) is 0. The van der Waals surface area contributed by atoms with Gasteiger partial charge in [0.1, 0.15) is 11.6 Å².